The predicted octanol–water partition coefficient (Wildman–Crippen LogP) is 2.51. The smallest absolute Gasteiger partial charge is 0.246 e. The molecular weight excluding hydrogens is 310 g/mol. The Balaban J connectivity index is 1.53. The first-order valence-corrected chi connectivity index (χ1v) is 8.40. The van der Waals surface area contributed by atoms with Crippen molar-refractivity contribution in [3.8, 4) is 5.75 Å². The lowest BCUT2D eigenvalue weighted by Gasteiger charge is -2.34. The Morgan fingerprint density at radius 2 is 1.96 bits per heavy atom. The van der Waals surface area contributed by atoms with E-state index in [-0.39, 0.29) is 5.91 Å². The van der Waals surface area contributed by atoms with Crippen molar-refractivity contribution in [3.63, 3.8) is 0 Å². The number of rotatable bonds is 4. The van der Waals surface area contributed by atoms with Gasteiger partial charge >= 0.3 is 0 Å². The van der Waals surface area contributed by atoms with Gasteiger partial charge < -0.3 is 14.5 Å². The van der Waals surface area contributed by atoms with Crippen LogP contribution in [0.3, 0.4) is 0 Å². The molecule has 120 valence electrons. The van der Waals surface area contributed by atoms with Crippen molar-refractivity contribution in [2.45, 2.75) is 0 Å². The van der Waals surface area contributed by atoms with E-state index in [0.29, 0.717) is 0 Å². The maximum Gasteiger partial charge on any atom is 0.246 e. The fraction of sp³-hybridized carbons (Fsp3) is 0.294. The van der Waals surface area contributed by atoms with E-state index in [9.17, 15) is 4.79 Å². The molecule has 1 aliphatic rings. The first-order valence-electron chi connectivity index (χ1n) is 7.52. The molecule has 0 aliphatic carbocycles. The van der Waals surface area contributed by atoms with Gasteiger partial charge in [-0.05, 0) is 23.8 Å². The summed E-state index contributed by atoms with van der Waals surface area (Å²) >= 11 is 1.64. The van der Waals surface area contributed by atoms with Crippen LogP contribution in [0, 0.1) is 0 Å². The van der Waals surface area contributed by atoms with Crippen LogP contribution in [0.4, 0.5) is 5.13 Å². The summed E-state index contributed by atoms with van der Waals surface area (Å²) < 4.78 is 5.12. The molecule has 0 atom stereocenters. The molecule has 5 nitrogen and oxygen atoms in total. The third-order valence-electron chi connectivity index (χ3n) is 3.82. The van der Waals surface area contributed by atoms with Gasteiger partial charge in [0.2, 0.25) is 5.91 Å². The summed E-state index contributed by atoms with van der Waals surface area (Å²) in [5.74, 6) is 0.867. The molecule has 2 aromatic rings. The molecule has 6 heteroatoms. The van der Waals surface area contributed by atoms with E-state index in [1.807, 2.05) is 46.8 Å². The molecule has 1 aromatic carbocycles. The lowest BCUT2D eigenvalue weighted by molar-refractivity contribution is -0.126. The molecule has 1 saturated heterocycles. The monoisotopic (exact) mass is 329 g/mol. The minimum atomic E-state index is 0.0552. The summed E-state index contributed by atoms with van der Waals surface area (Å²) in [6.45, 7) is 3.11. The van der Waals surface area contributed by atoms with Crippen molar-refractivity contribution in [2.75, 3.05) is 38.2 Å². The van der Waals surface area contributed by atoms with E-state index < -0.39 is 0 Å². The van der Waals surface area contributed by atoms with E-state index in [2.05, 4.69) is 9.88 Å². The zero-order valence-corrected chi connectivity index (χ0v) is 13.8. The Bertz CT molecular complexity index is 660. The van der Waals surface area contributed by atoms with Crippen molar-refractivity contribution in [1.82, 2.24) is 9.88 Å². The van der Waals surface area contributed by atoms with Gasteiger partial charge in [0.25, 0.3) is 0 Å². The van der Waals surface area contributed by atoms with Crippen LogP contribution in [-0.4, -0.2) is 49.1 Å². The lowest BCUT2D eigenvalue weighted by Crippen LogP contribution is -2.48. The third kappa shape index (κ3) is 3.90. The maximum absolute atomic E-state index is 12.3. The van der Waals surface area contributed by atoms with E-state index in [4.69, 9.17) is 4.74 Å². The second-order valence-electron chi connectivity index (χ2n) is 5.23. The lowest BCUT2D eigenvalue weighted by atomic mass is 10.2. The third-order valence-corrected chi connectivity index (χ3v) is 4.65. The number of benzene rings is 1. The second kappa shape index (κ2) is 7.28. The summed E-state index contributed by atoms with van der Waals surface area (Å²) in [5, 5.41) is 3.01. The highest BCUT2D eigenvalue weighted by Crippen LogP contribution is 2.19. The minimum Gasteiger partial charge on any atom is -0.497 e. The van der Waals surface area contributed by atoms with Crippen molar-refractivity contribution in [2.24, 2.45) is 0 Å². The molecule has 1 aromatic heterocycles. The van der Waals surface area contributed by atoms with Crippen LogP contribution in [0.2, 0.25) is 0 Å². The van der Waals surface area contributed by atoms with Gasteiger partial charge in [-0.3, -0.25) is 4.79 Å². The summed E-state index contributed by atoms with van der Waals surface area (Å²) in [7, 11) is 1.64. The Labute approximate surface area is 139 Å². The van der Waals surface area contributed by atoms with Gasteiger partial charge in [0.1, 0.15) is 5.75 Å². The molecule has 23 heavy (non-hydrogen) atoms. The average Bonchev–Trinajstić information content (AvgIpc) is 3.15. The number of piperazine rings is 1. The van der Waals surface area contributed by atoms with Crippen LogP contribution in [-0.2, 0) is 4.79 Å². The number of amides is 1. The quantitative estimate of drug-likeness (QED) is 0.809. The van der Waals surface area contributed by atoms with Gasteiger partial charge in [-0.1, -0.05) is 12.1 Å². The normalized spacial score (nSPS) is 15.2. The minimum absolute atomic E-state index is 0.0552. The van der Waals surface area contributed by atoms with Crippen LogP contribution in [0.5, 0.6) is 5.75 Å². The average molecular weight is 329 g/mol. The molecule has 0 unspecified atom stereocenters. The summed E-state index contributed by atoms with van der Waals surface area (Å²) in [6.07, 6.45) is 5.30. The highest BCUT2D eigenvalue weighted by Gasteiger charge is 2.20. The van der Waals surface area contributed by atoms with E-state index in [1.54, 1.807) is 24.5 Å². The number of carbonyl (C=O) groups excluding carboxylic acids is 1. The topological polar surface area (TPSA) is 45.7 Å². The fourth-order valence-electron chi connectivity index (χ4n) is 2.48. The SMILES string of the molecule is COc1ccc(/C=C/C(=O)N2CCN(c3nccs3)CC2)cc1. The van der Waals surface area contributed by atoms with Crippen LogP contribution in [0.25, 0.3) is 6.08 Å². The highest BCUT2D eigenvalue weighted by atomic mass is 32.1. The number of methoxy groups -OCH3 is 1. The number of nitrogens with zero attached hydrogens (tertiary/aromatic N) is 3. The van der Waals surface area contributed by atoms with Crippen LogP contribution < -0.4 is 9.64 Å². The van der Waals surface area contributed by atoms with Gasteiger partial charge in [0, 0.05) is 43.8 Å². The second-order valence-corrected chi connectivity index (χ2v) is 6.11. The van der Waals surface area contributed by atoms with Crippen molar-refractivity contribution in [3.05, 3.63) is 47.5 Å². The Hall–Kier alpha value is -2.34. The van der Waals surface area contributed by atoms with Crippen molar-refractivity contribution in [1.29, 1.82) is 0 Å². The van der Waals surface area contributed by atoms with Gasteiger partial charge in [-0.25, -0.2) is 4.98 Å². The number of aromatic nitrogens is 1. The molecule has 0 N–H and O–H groups in total. The summed E-state index contributed by atoms with van der Waals surface area (Å²) in [5.41, 5.74) is 0.987. The first-order chi connectivity index (χ1) is 11.3. The van der Waals surface area contributed by atoms with E-state index in [0.717, 1.165) is 42.6 Å². The Kier molecular flexibility index (Phi) is 4.92. The van der Waals surface area contributed by atoms with E-state index in [1.165, 1.54) is 0 Å². The fourth-order valence-corrected chi connectivity index (χ4v) is 3.17. The largest absolute Gasteiger partial charge is 0.497 e. The summed E-state index contributed by atoms with van der Waals surface area (Å²) in [6, 6.07) is 7.64. The molecule has 0 saturated carbocycles. The number of ether oxygens (including phenoxy) is 1. The Morgan fingerprint density at radius 1 is 1.22 bits per heavy atom. The molecule has 1 amide bonds. The van der Waals surface area contributed by atoms with Crippen molar-refractivity contribution < 1.29 is 9.53 Å². The first kappa shape index (κ1) is 15.6. The molecule has 0 bridgehead atoms. The molecule has 0 radical (unpaired) electrons. The number of hydrogen-bond acceptors (Lipinski definition) is 5. The summed E-state index contributed by atoms with van der Waals surface area (Å²) in [4.78, 5) is 20.7. The van der Waals surface area contributed by atoms with Gasteiger partial charge in [0.15, 0.2) is 5.13 Å². The molecule has 1 fully saturated rings. The number of thiazole rings is 1. The van der Waals surface area contributed by atoms with Gasteiger partial charge in [-0.15, -0.1) is 11.3 Å². The zero-order valence-electron chi connectivity index (χ0n) is 13.0. The van der Waals surface area contributed by atoms with Crippen molar-refractivity contribution >= 4 is 28.5 Å². The van der Waals surface area contributed by atoms with Crippen LogP contribution in [0.1, 0.15) is 5.56 Å². The number of carbonyl (C=O) groups is 1. The molecule has 2 heterocycles. The molecule has 3 rings (SSSR count). The highest BCUT2D eigenvalue weighted by molar-refractivity contribution is 7.13. The molecular formula is C17H19N3O2S. The standard InChI is InChI=1S/C17H19N3O2S/c1-22-15-5-2-14(3-6-15)4-7-16(21)19-9-11-20(12-10-19)17-18-8-13-23-17/h2-8,13H,9-12H2,1H3/b7-4+. The van der Waals surface area contributed by atoms with Gasteiger partial charge in [0.05, 0.1) is 7.11 Å². The van der Waals surface area contributed by atoms with Crippen LogP contribution in [0.15, 0.2) is 41.9 Å². The predicted molar refractivity (Wildman–Crippen MR) is 92.9 cm³/mol. The molecule has 0 spiro atoms. The Morgan fingerprint density at radius 3 is 2.57 bits per heavy atom. The zero-order chi connectivity index (χ0) is 16.1. The number of anilines is 1. The molecule has 1 aliphatic heterocycles. The maximum atomic E-state index is 12.3. The number of hydrogen-bond donors (Lipinski definition) is 0. The van der Waals surface area contributed by atoms with E-state index >= 15 is 0 Å². The van der Waals surface area contributed by atoms with Crippen LogP contribution >= 0.6 is 11.3 Å². The van der Waals surface area contributed by atoms with Gasteiger partial charge in [-0.2, -0.15) is 0 Å².